The van der Waals surface area contributed by atoms with Gasteiger partial charge in [0.25, 0.3) is 5.56 Å². The van der Waals surface area contributed by atoms with E-state index in [-0.39, 0.29) is 12.2 Å². The predicted octanol–water partition coefficient (Wildman–Crippen LogP) is 2.35. The van der Waals surface area contributed by atoms with E-state index < -0.39 is 0 Å². The van der Waals surface area contributed by atoms with Crippen LogP contribution in [0.1, 0.15) is 12.0 Å². The standard InChI is InChI=1S/C24H27N5O2/c30-18-19-6-7-21-23(16-19)28-10-2-5-22(28)24(31)29(21)11-3-9-26-12-14-27(15-13-26)20-4-1-8-25-17-20/h1-2,4-8,10,16-17,30H,3,9,11-15,18H2. The second-order valence-electron chi connectivity index (χ2n) is 8.09. The number of rotatable bonds is 6. The van der Waals surface area contributed by atoms with E-state index in [2.05, 4.69) is 20.9 Å². The van der Waals surface area contributed by atoms with Crippen molar-refractivity contribution < 1.29 is 5.11 Å². The van der Waals surface area contributed by atoms with Gasteiger partial charge in [0.1, 0.15) is 5.52 Å². The van der Waals surface area contributed by atoms with Crippen LogP contribution >= 0.6 is 0 Å². The lowest BCUT2D eigenvalue weighted by Gasteiger charge is -2.36. The minimum atomic E-state index is -0.0111. The largest absolute Gasteiger partial charge is 0.392 e. The molecular weight excluding hydrogens is 390 g/mol. The van der Waals surface area contributed by atoms with Gasteiger partial charge in [-0.05, 0) is 54.9 Å². The molecule has 31 heavy (non-hydrogen) atoms. The Morgan fingerprint density at radius 2 is 1.81 bits per heavy atom. The maximum atomic E-state index is 13.1. The zero-order valence-electron chi connectivity index (χ0n) is 17.5. The molecule has 7 nitrogen and oxygen atoms in total. The second kappa shape index (κ2) is 8.53. The maximum Gasteiger partial charge on any atom is 0.275 e. The number of pyridine rings is 1. The second-order valence-corrected chi connectivity index (χ2v) is 8.09. The zero-order valence-corrected chi connectivity index (χ0v) is 17.5. The highest BCUT2D eigenvalue weighted by molar-refractivity contribution is 5.79. The number of aryl methyl sites for hydroxylation is 1. The van der Waals surface area contributed by atoms with E-state index in [1.807, 2.05) is 57.8 Å². The highest BCUT2D eigenvalue weighted by atomic mass is 16.3. The van der Waals surface area contributed by atoms with E-state index in [0.29, 0.717) is 12.1 Å². The van der Waals surface area contributed by atoms with E-state index in [4.69, 9.17) is 0 Å². The molecule has 0 saturated carbocycles. The molecule has 1 N–H and O–H groups in total. The van der Waals surface area contributed by atoms with Crippen molar-refractivity contribution in [2.45, 2.75) is 19.6 Å². The van der Waals surface area contributed by atoms with Crippen LogP contribution in [0.3, 0.4) is 0 Å². The number of benzene rings is 1. The van der Waals surface area contributed by atoms with Gasteiger partial charge < -0.3 is 19.0 Å². The molecule has 0 atom stereocenters. The summed E-state index contributed by atoms with van der Waals surface area (Å²) in [7, 11) is 0. The third kappa shape index (κ3) is 3.82. The number of hydrogen-bond donors (Lipinski definition) is 1. The number of hydrogen-bond acceptors (Lipinski definition) is 5. The molecule has 4 aromatic rings. The topological polar surface area (TPSA) is 66.0 Å². The first-order valence-corrected chi connectivity index (χ1v) is 10.9. The third-order valence-electron chi connectivity index (χ3n) is 6.23. The lowest BCUT2D eigenvalue weighted by atomic mass is 10.2. The number of aliphatic hydroxyl groups excluding tert-OH is 1. The van der Waals surface area contributed by atoms with Gasteiger partial charge >= 0.3 is 0 Å². The third-order valence-corrected chi connectivity index (χ3v) is 6.23. The molecule has 0 amide bonds. The van der Waals surface area contributed by atoms with Gasteiger partial charge in [0.2, 0.25) is 0 Å². The Balaban J connectivity index is 1.29. The summed E-state index contributed by atoms with van der Waals surface area (Å²) < 4.78 is 3.81. The van der Waals surface area contributed by atoms with Crippen LogP contribution in [0.25, 0.3) is 16.6 Å². The molecule has 160 valence electrons. The van der Waals surface area contributed by atoms with Gasteiger partial charge in [0.15, 0.2) is 0 Å². The zero-order chi connectivity index (χ0) is 21.2. The summed E-state index contributed by atoms with van der Waals surface area (Å²) in [4.78, 5) is 22.2. The number of fused-ring (bicyclic) bond motifs is 3. The van der Waals surface area contributed by atoms with Gasteiger partial charge in [-0.3, -0.25) is 14.7 Å². The van der Waals surface area contributed by atoms with E-state index >= 15 is 0 Å². The van der Waals surface area contributed by atoms with Crippen LogP contribution in [0.4, 0.5) is 5.69 Å². The first-order chi connectivity index (χ1) is 15.2. The Morgan fingerprint density at radius 1 is 0.935 bits per heavy atom. The summed E-state index contributed by atoms with van der Waals surface area (Å²) in [6.45, 7) is 5.66. The van der Waals surface area contributed by atoms with Crippen LogP contribution < -0.4 is 10.5 Å². The van der Waals surface area contributed by atoms with E-state index in [0.717, 1.165) is 55.7 Å². The number of aromatic nitrogens is 3. The Morgan fingerprint density at radius 3 is 2.58 bits per heavy atom. The molecule has 0 bridgehead atoms. The van der Waals surface area contributed by atoms with Gasteiger partial charge in [0, 0.05) is 45.1 Å². The molecule has 1 saturated heterocycles. The first kappa shape index (κ1) is 19.8. The van der Waals surface area contributed by atoms with E-state index in [9.17, 15) is 9.90 Å². The van der Waals surface area contributed by atoms with Crippen molar-refractivity contribution in [1.29, 1.82) is 0 Å². The number of piperazine rings is 1. The summed E-state index contributed by atoms with van der Waals surface area (Å²) in [5.41, 5.74) is 4.61. The molecule has 1 aliphatic heterocycles. The highest BCUT2D eigenvalue weighted by Gasteiger charge is 2.17. The molecule has 0 unspecified atom stereocenters. The van der Waals surface area contributed by atoms with Crippen LogP contribution in [0, 0.1) is 0 Å². The molecule has 1 fully saturated rings. The minimum Gasteiger partial charge on any atom is -0.392 e. The van der Waals surface area contributed by atoms with Crippen molar-refractivity contribution in [3.05, 3.63) is 77.0 Å². The fourth-order valence-corrected chi connectivity index (χ4v) is 4.55. The van der Waals surface area contributed by atoms with Crippen molar-refractivity contribution in [1.82, 2.24) is 18.9 Å². The molecule has 0 spiro atoms. The summed E-state index contributed by atoms with van der Waals surface area (Å²) in [5, 5.41) is 9.53. The fraction of sp³-hybridized carbons (Fsp3) is 0.333. The smallest absolute Gasteiger partial charge is 0.275 e. The quantitative estimate of drug-likeness (QED) is 0.522. The van der Waals surface area contributed by atoms with Crippen molar-refractivity contribution >= 4 is 22.2 Å². The van der Waals surface area contributed by atoms with E-state index in [1.165, 1.54) is 5.69 Å². The van der Waals surface area contributed by atoms with Crippen molar-refractivity contribution in [3.63, 3.8) is 0 Å². The number of anilines is 1. The summed E-state index contributed by atoms with van der Waals surface area (Å²) in [5.74, 6) is 0. The van der Waals surface area contributed by atoms with Gasteiger partial charge in [-0.2, -0.15) is 0 Å². The van der Waals surface area contributed by atoms with Crippen LogP contribution in [0.15, 0.2) is 65.8 Å². The normalized spacial score (nSPS) is 15.2. The Bertz CT molecular complexity index is 1240. The van der Waals surface area contributed by atoms with Crippen LogP contribution in [-0.2, 0) is 13.2 Å². The molecule has 1 aliphatic rings. The van der Waals surface area contributed by atoms with Crippen molar-refractivity contribution in [3.8, 4) is 0 Å². The molecule has 0 aliphatic carbocycles. The summed E-state index contributed by atoms with van der Waals surface area (Å²) in [6, 6.07) is 13.7. The predicted molar refractivity (Wildman–Crippen MR) is 123 cm³/mol. The Hall–Kier alpha value is -3.16. The average molecular weight is 418 g/mol. The van der Waals surface area contributed by atoms with Gasteiger partial charge in [-0.1, -0.05) is 6.07 Å². The molecule has 5 rings (SSSR count). The monoisotopic (exact) mass is 417 g/mol. The van der Waals surface area contributed by atoms with Gasteiger partial charge in [-0.25, -0.2) is 0 Å². The number of aliphatic hydroxyl groups is 1. The molecule has 1 aromatic carbocycles. The van der Waals surface area contributed by atoms with Crippen molar-refractivity contribution in [2.24, 2.45) is 0 Å². The molecular formula is C24H27N5O2. The minimum absolute atomic E-state index is 0.0111. The Kier molecular flexibility index (Phi) is 5.44. The van der Waals surface area contributed by atoms with Crippen LogP contribution in [-0.4, -0.2) is 56.7 Å². The highest BCUT2D eigenvalue weighted by Crippen LogP contribution is 2.18. The molecule has 3 aromatic heterocycles. The van der Waals surface area contributed by atoms with E-state index in [1.54, 1.807) is 6.20 Å². The average Bonchev–Trinajstić information content (AvgIpc) is 3.32. The SMILES string of the molecule is O=c1c2cccn2c2cc(CO)ccc2n1CCCN1CCN(c2cccnc2)CC1. The Labute approximate surface area is 180 Å². The van der Waals surface area contributed by atoms with Crippen LogP contribution in [0.5, 0.6) is 0 Å². The van der Waals surface area contributed by atoms with Gasteiger partial charge in [0.05, 0.1) is 29.5 Å². The van der Waals surface area contributed by atoms with Gasteiger partial charge in [-0.15, -0.1) is 0 Å². The maximum absolute atomic E-state index is 13.1. The molecule has 0 radical (unpaired) electrons. The lowest BCUT2D eigenvalue weighted by Crippen LogP contribution is -2.46. The fourth-order valence-electron chi connectivity index (χ4n) is 4.55. The lowest BCUT2D eigenvalue weighted by molar-refractivity contribution is 0.250. The summed E-state index contributed by atoms with van der Waals surface area (Å²) >= 11 is 0. The van der Waals surface area contributed by atoms with Crippen LogP contribution in [0.2, 0.25) is 0 Å². The number of nitrogens with zero attached hydrogens (tertiary/aromatic N) is 5. The first-order valence-electron chi connectivity index (χ1n) is 10.9. The van der Waals surface area contributed by atoms with Crippen molar-refractivity contribution in [2.75, 3.05) is 37.6 Å². The molecule has 4 heterocycles. The summed E-state index contributed by atoms with van der Waals surface area (Å²) in [6.07, 6.45) is 6.56. The molecule has 7 heteroatoms.